The van der Waals surface area contributed by atoms with E-state index in [0.717, 1.165) is 6.42 Å². The zero-order valence-corrected chi connectivity index (χ0v) is 11.5. The van der Waals surface area contributed by atoms with Gasteiger partial charge in [-0.1, -0.05) is 55.8 Å². The number of nitrogens with zero attached hydrogens (tertiary/aromatic N) is 2. The Labute approximate surface area is 114 Å². The van der Waals surface area contributed by atoms with Crippen LogP contribution in [0.5, 0.6) is 0 Å². The second-order valence-electron chi connectivity index (χ2n) is 4.86. The predicted molar refractivity (Wildman–Crippen MR) is 74.8 cm³/mol. The lowest BCUT2D eigenvalue weighted by Gasteiger charge is -2.19. The van der Waals surface area contributed by atoms with E-state index in [1.807, 2.05) is 18.2 Å². The van der Waals surface area contributed by atoms with Gasteiger partial charge in [0.25, 0.3) is 0 Å². The number of nitrogens with two attached hydrogens (primary N) is 1. The Morgan fingerprint density at radius 2 is 2.00 bits per heavy atom. The number of rotatable bonds is 6. The molecular formula is C15H21N3O. The second kappa shape index (κ2) is 6.48. The average Bonchev–Trinajstić information content (AvgIpc) is 2.89. The molecule has 0 saturated carbocycles. The highest BCUT2D eigenvalue weighted by Crippen LogP contribution is 2.32. The summed E-state index contributed by atoms with van der Waals surface area (Å²) in [6.45, 7) is 4.93. The third kappa shape index (κ3) is 3.20. The van der Waals surface area contributed by atoms with Crippen molar-refractivity contribution in [3.8, 4) is 0 Å². The van der Waals surface area contributed by atoms with Gasteiger partial charge in [-0.15, -0.1) is 0 Å². The summed E-state index contributed by atoms with van der Waals surface area (Å²) < 4.78 is 5.44. The van der Waals surface area contributed by atoms with Crippen LogP contribution < -0.4 is 5.73 Å². The fourth-order valence-electron chi connectivity index (χ4n) is 2.24. The van der Waals surface area contributed by atoms with Crippen molar-refractivity contribution >= 4 is 0 Å². The fraction of sp³-hybridized carbons (Fsp3) is 0.467. The van der Waals surface area contributed by atoms with Crippen LogP contribution in [0.3, 0.4) is 0 Å². The van der Waals surface area contributed by atoms with Gasteiger partial charge in [0, 0.05) is 6.42 Å². The van der Waals surface area contributed by atoms with Crippen LogP contribution in [0.1, 0.15) is 43.5 Å². The lowest BCUT2D eigenvalue weighted by atomic mass is 9.85. The van der Waals surface area contributed by atoms with Gasteiger partial charge in [0.1, 0.15) is 0 Å². The standard InChI is InChI=1S/C15H21N3O/c1-3-11(2)14(12-7-5-4-6-8-12)15-17-13(9-10-16)18-19-15/h4-8,11,14H,3,9-10,16H2,1-2H3. The molecule has 1 aromatic heterocycles. The van der Waals surface area contributed by atoms with Gasteiger partial charge in [0.2, 0.25) is 5.89 Å². The second-order valence-corrected chi connectivity index (χ2v) is 4.86. The van der Waals surface area contributed by atoms with Gasteiger partial charge in [-0.05, 0) is 18.0 Å². The molecule has 102 valence electrons. The number of aromatic nitrogens is 2. The Bertz CT molecular complexity index is 495. The minimum atomic E-state index is 0.158. The molecular weight excluding hydrogens is 238 g/mol. The largest absolute Gasteiger partial charge is 0.339 e. The van der Waals surface area contributed by atoms with Crippen LogP contribution in [0.15, 0.2) is 34.9 Å². The molecule has 0 radical (unpaired) electrons. The molecule has 0 saturated heterocycles. The van der Waals surface area contributed by atoms with Gasteiger partial charge in [-0.25, -0.2) is 0 Å². The molecule has 1 aromatic carbocycles. The van der Waals surface area contributed by atoms with E-state index in [0.29, 0.717) is 30.6 Å². The first-order valence-corrected chi connectivity index (χ1v) is 6.83. The molecule has 0 aliphatic heterocycles. The molecule has 0 spiro atoms. The minimum absolute atomic E-state index is 0.158. The van der Waals surface area contributed by atoms with E-state index in [1.165, 1.54) is 5.56 Å². The molecule has 0 bridgehead atoms. The third-order valence-electron chi connectivity index (χ3n) is 3.49. The lowest BCUT2D eigenvalue weighted by molar-refractivity contribution is 0.328. The van der Waals surface area contributed by atoms with Gasteiger partial charge in [-0.3, -0.25) is 0 Å². The summed E-state index contributed by atoms with van der Waals surface area (Å²) in [6, 6.07) is 10.3. The van der Waals surface area contributed by atoms with Crippen molar-refractivity contribution in [1.29, 1.82) is 0 Å². The van der Waals surface area contributed by atoms with Crippen molar-refractivity contribution < 1.29 is 4.52 Å². The molecule has 2 unspecified atom stereocenters. The van der Waals surface area contributed by atoms with Crippen LogP contribution in [0, 0.1) is 5.92 Å². The third-order valence-corrected chi connectivity index (χ3v) is 3.49. The van der Waals surface area contributed by atoms with Gasteiger partial charge in [0.05, 0.1) is 5.92 Å². The topological polar surface area (TPSA) is 64.9 Å². The smallest absolute Gasteiger partial charge is 0.234 e. The van der Waals surface area contributed by atoms with Crippen LogP contribution in [0.4, 0.5) is 0 Å². The molecule has 0 aliphatic carbocycles. The predicted octanol–water partition coefficient (Wildman–Crippen LogP) is 2.75. The van der Waals surface area contributed by atoms with Crippen LogP contribution >= 0.6 is 0 Å². The summed E-state index contributed by atoms with van der Waals surface area (Å²) in [5.41, 5.74) is 6.74. The fourth-order valence-corrected chi connectivity index (χ4v) is 2.24. The van der Waals surface area contributed by atoms with Crippen molar-refractivity contribution in [3.63, 3.8) is 0 Å². The van der Waals surface area contributed by atoms with Crippen LogP contribution in [-0.4, -0.2) is 16.7 Å². The molecule has 4 nitrogen and oxygen atoms in total. The highest BCUT2D eigenvalue weighted by atomic mass is 16.5. The monoisotopic (exact) mass is 259 g/mol. The molecule has 2 N–H and O–H groups in total. The number of benzene rings is 1. The SMILES string of the molecule is CCC(C)C(c1ccccc1)c1nc(CCN)no1. The summed E-state index contributed by atoms with van der Waals surface area (Å²) in [6.07, 6.45) is 1.72. The lowest BCUT2D eigenvalue weighted by Crippen LogP contribution is -2.11. The van der Waals surface area contributed by atoms with E-state index in [1.54, 1.807) is 0 Å². The van der Waals surface area contributed by atoms with Crippen molar-refractivity contribution in [2.24, 2.45) is 11.7 Å². The molecule has 19 heavy (non-hydrogen) atoms. The zero-order chi connectivity index (χ0) is 13.7. The molecule has 2 rings (SSSR count). The Hall–Kier alpha value is -1.68. The van der Waals surface area contributed by atoms with Crippen LogP contribution in [0.25, 0.3) is 0 Å². The summed E-state index contributed by atoms with van der Waals surface area (Å²) in [5, 5.41) is 4.00. The maximum atomic E-state index is 5.52. The van der Waals surface area contributed by atoms with E-state index in [4.69, 9.17) is 10.3 Å². The molecule has 4 heteroatoms. The summed E-state index contributed by atoms with van der Waals surface area (Å²) in [5.74, 6) is 2.00. The van der Waals surface area contributed by atoms with Gasteiger partial charge in [-0.2, -0.15) is 4.98 Å². The molecule has 0 fully saturated rings. The van der Waals surface area contributed by atoms with E-state index >= 15 is 0 Å². The number of hydrogen-bond acceptors (Lipinski definition) is 4. The zero-order valence-electron chi connectivity index (χ0n) is 11.5. The quantitative estimate of drug-likeness (QED) is 0.866. The Kier molecular flexibility index (Phi) is 4.68. The Morgan fingerprint density at radius 1 is 1.26 bits per heavy atom. The van der Waals surface area contributed by atoms with Crippen molar-refractivity contribution in [2.45, 2.75) is 32.6 Å². The maximum Gasteiger partial charge on any atom is 0.234 e. The average molecular weight is 259 g/mol. The first kappa shape index (κ1) is 13.7. The molecule has 0 aliphatic rings. The van der Waals surface area contributed by atoms with Crippen molar-refractivity contribution in [3.05, 3.63) is 47.6 Å². The highest BCUT2D eigenvalue weighted by Gasteiger charge is 2.25. The number of hydrogen-bond donors (Lipinski definition) is 1. The summed E-state index contributed by atoms with van der Waals surface area (Å²) >= 11 is 0. The van der Waals surface area contributed by atoms with E-state index in [2.05, 4.69) is 36.1 Å². The molecule has 2 atom stereocenters. The van der Waals surface area contributed by atoms with E-state index in [9.17, 15) is 0 Å². The Balaban J connectivity index is 2.32. The first-order valence-electron chi connectivity index (χ1n) is 6.83. The van der Waals surface area contributed by atoms with Gasteiger partial charge in [0.15, 0.2) is 5.82 Å². The highest BCUT2D eigenvalue weighted by molar-refractivity contribution is 5.25. The first-order chi connectivity index (χ1) is 9.26. The Morgan fingerprint density at radius 3 is 2.63 bits per heavy atom. The van der Waals surface area contributed by atoms with Crippen LogP contribution in [-0.2, 0) is 6.42 Å². The molecule has 1 heterocycles. The van der Waals surface area contributed by atoms with Crippen molar-refractivity contribution in [1.82, 2.24) is 10.1 Å². The maximum absolute atomic E-state index is 5.52. The minimum Gasteiger partial charge on any atom is -0.339 e. The van der Waals surface area contributed by atoms with Gasteiger partial charge < -0.3 is 10.3 Å². The summed E-state index contributed by atoms with van der Waals surface area (Å²) in [4.78, 5) is 4.49. The molecule has 2 aromatic rings. The van der Waals surface area contributed by atoms with Crippen LogP contribution in [0.2, 0.25) is 0 Å². The van der Waals surface area contributed by atoms with E-state index in [-0.39, 0.29) is 5.92 Å². The van der Waals surface area contributed by atoms with E-state index < -0.39 is 0 Å². The van der Waals surface area contributed by atoms with Crippen molar-refractivity contribution in [2.75, 3.05) is 6.54 Å². The van der Waals surface area contributed by atoms with Gasteiger partial charge >= 0.3 is 0 Å². The summed E-state index contributed by atoms with van der Waals surface area (Å²) in [7, 11) is 0. The molecule has 0 amide bonds. The normalized spacial score (nSPS) is 14.3.